The van der Waals surface area contributed by atoms with Gasteiger partial charge in [-0.1, -0.05) is 36.8 Å². The van der Waals surface area contributed by atoms with Gasteiger partial charge in [-0.2, -0.15) is 0 Å². The Bertz CT molecular complexity index is 942. The number of rotatable bonds is 4. The van der Waals surface area contributed by atoms with Crippen molar-refractivity contribution in [2.24, 2.45) is 11.8 Å². The van der Waals surface area contributed by atoms with E-state index in [1.807, 2.05) is 6.07 Å². The molecule has 1 aromatic carbocycles. The predicted molar refractivity (Wildman–Crippen MR) is 107 cm³/mol. The summed E-state index contributed by atoms with van der Waals surface area (Å²) in [6, 6.07) is 15.1. The highest BCUT2D eigenvalue weighted by molar-refractivity contribution is 7.16. The standard InChI is InChI=1S/C22H24N2OS/c1-14(16-5-3-2-4-6-16)24-20(13-18-9-10-26-22(18)24)21(25)23-19-12-15-7-8-17(19)11-15/h2-6,9-10,13-15,17,19H,7-8,11-12H2,1H3,(H,23,25)/t14-,15-,17-,19+/m0/s1. The van der Waals surface area contributed by atoms with Gasteiger partial charge in [-0.05, 0) is 61.1 Å². The Labute approximate surface area is 158 Å². The van der Waals surface area contributed by atoms with Crippen LogP contribution in [0.3, 0.4) is 0 Å². The van der Waals surface area contributed by atoms with Crippen LogP contribution in [0.2, 0.25) is 0 Å². The lowest BCUT2D eigenvalue weighted by atomic mass is 9.95. The van der Waals surface area contributed by atoms with Crippen molar-refractivity contribution in [1.29, 1.82) is 0 Å². The number of carbonyl (C=O) groups is 1. The molecule has 2 fully saturated rings. The number of benzene rings is 1. The molecule has 4 heteroatoms. The number of nitrogens with zero attached hydrogens (tertiary/aromatic N) is 1. The molecule has 3 nitrogen and oxygen atoms in total. The number of nitrogens with one attached hydrogen (secondary N) is 1. The first kappa shape index (κ1) is 16.1. The van der Waals surface area contributed by atoms with Gasteiger partial charge in [0.15, 0.2) is 0 Å². The molecule has 0 aliphatic heterocycles. The lowest BCUT2D eigenvalue weighted by Gasteiger charge is -2.24. The molecule has 5 rings (SSSR count). The second-order valence-corrected chi connectivity index (χ2v) is 8.82. The molecule has 2 aliphatic rings. The van der Waals surface area contributed by atoms with Crippen LogP contribution in [0, 0.1) is 11.8 Å². The Balaban J connectivity index is 1.49. The number of aromatic nitrogens is 1. The summed E-state index contributed by atoms with van der Waals surface area (Å²) in [4.78, 5) is 14.4. The van der Waals surface area contributed by atoms with Gasteiger partial charge >= 0.3 is 0 Å². The van der Waals surface area contributed by atoms with Crippen LogP contribution >= 0.6 is 11.3 Å². The van der Waals surface area contributed by atoms with E-state index in [4.69, 9.17) is 0 Å². The van der Waals surface area contributed by atoms with Crippen LogP contribution in [-0.2, 0) is 0 Å². The first-order valence-corrected chi connectivity index (χ1v) is 10.5. The van der Waals surface area contributed by atoms with Crippen molar-refractivity contribution in [3.05, 3.63) is 59.1 Å². The van der Waals surface area contributed by atoms with Crippen LogP contribution in [0.15, 0.2) is 47.8 Å². The van der Waals surface area contributed by atoms with Gasteiger partial charge in [0.1, 0.15) is 10.5 Å². The molecule has 134 valence electrons. The highest BCUT2D eigenvalue weighted by Gasteiger charge is 2.40. The molecule has 0 saturated heterocycles. The Hall–Kier alpha value is -2.07. The maximum atomic E-state index is 13.2. The lowest BCUT2D eigenvalue weighted by Crippen LogP contribution is -2.39. The van der Waals surface area contributed by atoms with Gasteiger partial charge in [0.25, 0.3) is 5.91 Å². The van der Waals surface area contributed by atoms with E-state index in [0.29, 0.717) is 12.0 Å². The quantitative estimate of drug-likeness (QED) is 0.676. The predicted octanol–water partition coefficient (Wildman–Crippen LogP) is 5.23. The first-order valence-electron chi connectivity index (χ1n) is 9.65. The molecule has 2 bridgehead atoms. The molecule has 2 heterocycles. The second kappa shape index (κ2) is 6.27. The molecule has 0 unspecified atom stereocenters. The topological polar surface area (TPSA) is 34.0 Å². The fourth-order valence-electron chi connectivity index (χ4n) is 5.05. The molecule has 3 aromatic rings. The van der Waals surface area contributed by atoms with Crippen molar-refractivity contribution in [2.45, 2.75) is 44.7 Å². The maximum Gasteiger partial charge on any atom is 0.268 e. The summed E-state index contributed by atoms with van der Waals surface area (Å²) in [5.74, 6) is 1.62. The zero-order valence-corrected chi connectivity index (χ0v) is 15.8. The minimum atomic E-state index is 0.0914. The van der Waals surface area contributed by atoms with Gasteiger partial charge in [0.2, 0.25) is 0 Å². The highest BCUT2D eigenvalue weighted by Crippen LogP contribution is 2.44. The van der Waals surface area contributed by atoms with E-state index < -0.39 is 0 Å². The average molecular weight is 365 g/mol. The Morgan fingerprint density at radius 1 is 1.19 bits per heavy atom. The molecule has 1 N–H and O–H groups in total. The van der Waals surface area contributed by atoms with Crippen molar-refractivity contribution in [1.82, 2.24) is 9.88 Å². The second-order valence-electron chi connectivity index (χ2n) is 7.92. The Morgan fingerprint density at radius 2 is 2.04 bits per heavy atom. The van der Waals surface area contributed by atoms with Crippen LogP contribution in [0.5, 0.6) is 0 Å². The number of hydrogen-bond acceptors (Lipinski definition) is 2. The number of amides is 1. The van der Waals surface area contributed by atoms with Crippen LogP contribution < -0.4 is 5.32 Å². The van der Waals surface area contributed by atoms with Gasteiger partial charge in [-0.25, -0.2) is 0 Å². The molecule has 2 aromatic heterocycles. The number of carbonyl (C=O) groups excluding carboxylic acids is 1. The van der Waals surface area contributed by atoms with Crippen molar-refractivity contribution in [3.8, 4) is 0 Å². The summed E-state index contributed by atoms with van der Waals surface area (Å²) in [5, 5.41) is 6.64. The third-order valence-corrected chi connectivity index (χ3v) is 7.33. The molecule has 2 saturated carbocycles. The maximum absolute atomic E-state index is 13.2. The summed E-state index contributed by atoms with van der Waals surface area (Å²) in [6.45, 7) is 2.18. The molecule has 1 amide bonds. The fraction of sp³-hybridized carbons (Fsp3) is 0.409. The molecule has 26 heavy (non-hydrogen) atoms. The van der Waals surface area contributed by atoms with Crippen molar-refractivity contribution < 1.29 is 4.79 Å². The number of fused-ring (bicyclic) bond motifs is 3. The molecular weight excluding hydrogens is 340 g/mol. The summed E-state index contributed by atoms with van der Waals surface area (Å²) >= 11 is 1.71. The van der Waals surface area contributed by atoms with Crippen molar-refractivity contribution in [3.63, 3.8) is 0 Å². The monoisotopic (exact) mass is 364 g/mol. The number of thiophene rings is 1. The SMILES string of the molecule is C[C@@H](c1ccccc1)n1c(C(=O)N[C@@H]2C[C@H]3CC[C@H]2C3)cc2ccsc21. The largest absolute Gasteiger partial charge is 0.348 e. The number of hydrogen-bond donors (Lipinski definition) is 1. The molecule has 4 atom stereocenters. The highest BCUT2D eigenvalue weighted by atomic mass is 32.1. The Kier molecular flexibility index (Phi) is 3.89. The molecular formula is C22H24N2OS. The average Bonchev–Trinajstić information content (AvgIpc) is 3.42. The smallest absolute Gasteiger partial charge is 0.268 e. The third kappa shape index (κ3) is 2.59. The van der Waals surface area contributed by atoms with E-state index in [-0.39, 0.29) is 11.9 Å². The molecule has 0 radical (unpaired) electrons. The molecule has 2 aliphatic carbocycles. The zero-order valence-electron chi connectivity index (χ0n) is 15.0. The molecule has 0 spiro atoms. The third-order valence-electron chi connectivity index (χ3n) is 6.40. The minimum Gasteiger partial charge on any atom is -0.348 e. The van der Waals surface area contributed by atoms with E-state index >= 15 is 0 Å². The van der Waals surface area contributed by atoms with Gasteiger partial charge in [-0.3, -0.25) is 4.79 Å². The normalized spacial score (nSPS) is 25.7. The van der Waals surface area contributed by atoms with Crippen molar-refractivity contribution in [2.75, 3.05) is 0 Å². The van der Waals surface area contributed by atoms with Gasteiger partial charge < -0.3 is 9.88 Å². The summed E-state index contributed by atoms with van der Waals surface area (Å²) in [5.41, 5.74) is 2.03. The fourth-order valence-corrected chi connectivity index (χ4v) is 6.02. The summed E-state index contributed by atoms with van der Waals surface area (Å²) < 4.78 is 2.22. The summed E-state index contributed by atoms with van der Waals surface area (Å²) in [6.07, 6.45) is 5.11. The van der Waals surface area contributed by atoms with E-state index in [1.165, 1.54) is 36.1 Å². The zero-order chi connectivity index (χ0) is 17.7. The van der Waals surface area contributed by atoms with Crippen molar-refractivity contribution >= 4 is 27.5 Å². The van der Waals surface area contributed by atoms with Crippen LogP contribution in [-0.4, -0.2) is 16.5 Å². The minimum absolute atomic E-state index is 0.0914. The van der Waals surface area contributed by atoms with Crippen LogP contribution in [0.4, 0.5) is 0 Å². The van der Waals surface area contributed by atoms with Gasteiger partial charge in [-0.15, -0.1) is 11.3 Å². The van der Waals surface area contributed by atoms with Gasteiger partial charge in [0, 0.05) is 11.4 Å². The van der Waals surface area contributed by atoms with E-state index in [1.54, 1.807) is 11.3 Å². The van der Waals surface area contributed by atoms with Crippen LogP contribution in [0.25, 0.3) is 10.2 Å². The first-order chi connectivity index (χ1) is 12.7. The van der Waals surface area contributed by atoms with Crippen LogP contribution in [0.1, 0.15) is 54.7 Å². The van der Waals surface area contributed by atoms with E-state index in [0.717, 1.165) is 17.0 Å². The van der Waals surface area contributed by atoms with Gasteiger partial charge in [0.05, 0.1) is 6.04 Å². The Morgan fingerprint density at radius 3 is 2.77 bits per heavy atom. The van der Waals surface area contributed by atoms with E-state index in [2.05, 4.69) is 58.6 Å². The lowest BCUT2D eigenvalue weighted by molar-refractivity contribution is 0.0913. The van der Waals surface area contributed by atoms with E-state index in [9.17, 15) is 4.79 Å². The summed E-state index contributed by atoms with van der Waals surface area (Å²) in [7, 11) is 0.